The molecule has 0 unspecified atom stereocenters. The number of hydrogen-bond acceptors (Lipinski definition) is 6. The maximum atomic E-state index is 9.49. The SMILES string of the molecule is N#Cc1cc(-c2cc(Cl)c(Sc3ncccc3CO)c(CN)c2)ccn1. The van der Waals surface area contributed by atoms with Gasteiger partial charge in [0.25, 0.3) is 0 Å². The lowest BCUT2D eigenvalue weighted by Gasteiger charge is -2.14. The molecule has 1 aromatic carbocycles. The van der Waals surface area contributed by atoms with Crippen LogP contribution in [0.15, 0.2) is 58.7 Å². The van der Waals surface area contributed by atoms with E-state index in [9.17, 15) is 5.11 Å². The van der Waals surface area contributed by atoms with Crippen LogP contribution in [0, 0.1) is 11.3 Å². The molecule has 3 aromatic rings. The van der Waals surface area contributed by atoms with Crippen LogP contribution in [0.25, 0.3) is 11.1 Å². The van der Waals surface area contributed by atoms with E-state index in [1.54, 1.807) is 24.5 Å². The predicted octanol–water partition coefficient (Wildman–Crippen LogP) is 3.77. The number of halogens is 1. The molecule has 0 bridgehead atoms. The number of nitrogens with zero attached hydrogens (tertiary/aromatic N) is 3. The molecule has 5 nitrogen and oxygen atoms in total. The molecule has 0 aliphatic heterocycles. The van der Waals surface area contributed by atoms with Gasteiger partial charge in [0.1, 0.15) is 16.8 Å². The zero-order valence-electron chi connectivity index (χ0n) is 13.7. The predicted molar refractivity (Wildman–Crippen MR) is 102 cm³/mol. The first-order valence-electron chi connectivity index (χ1n) is 7.78. The second-order valence-corrected chi connectivity index (χ2v) is 6.83. The highest BCUT2D eigenvalue weighted by Crippen LogP contribution is 2.39. The number of aliphatic hydroxyl groups excluding tert-OH is 1. The van der Waals surface area contributed by atoms with Crippen molar-refractivity contribution in [1.29, 1.82) is 5.26 Å². The van der Waals surface area contributed by atoms with Crippen LogP contribution in [0.2, 0.25) is 5.02 Å². The normalized spacial score (nSPS) is 10.5. The summed E-state index contributed by atoms with van der Waals surface area (Å²) >= 11 is 7.92. The molecule has 3 rings (SSSR count). The maximum Gasteiger partial charge on any atom is 0.141 e. The summed E-state index contributed by atoms with van der Waals surface area (Å²) in [7, 11) is 0. The van der Waals surface area contributed by atoms with E-state index >= 15 is 0 Å². The Hall–Kier alpha value is -2.43. The molecule has 7 heteroatoms. The van der Waals surface area contributed by atoms with Gasteiger partial charge in [0.05, 0.1) is 11.6 Å². The van der Waals surface area contributed by atoms with Crippen molar-refractivity contribution in [2.75, 3.05) is 0 Å². The summed E-state index contributed by atoms with van der Waals surface area (Å²) < 4.78 is 0. The first-order valence-corrected chi connectivity index (χ1v) is 8.97. The van der Waals surface area contributed by atoms with E-state index in [0.717, 1.165) is 27.1 Å². The molecule has 2 aromatic heterocycles. The molecule has 26 heavy (non-hydrogen) atoms. The van der Waals surface area contributed by atoms with Crippen molar-refractivity contribution in [2.24, 2.45) is 5.73 Å². The second kappa shape index (κ2) is 8.30. The molecule has 0 saturated carbocycles. The van der Waals surface area contributed by atoms with Gasteiger partial charge in [-0.3, -0.25) is 0 Å². The van der Waals surface area contributed by atoms with E-state index < -0.39 is 0 Å². The van der Waals surface area contributed by atoms with Crippen molar-refractivity contribution in [2.45, 2.75) is 23.1 Å². The fraction of sp³-hybridized carbons (Fsp3) is 0.105. The number of nitrogens with two attached hydrogens (primary N) is 1. The monoisotopic (exact) mass is 382 g/mol. The lowest BCUT2D eigenvalue weighted by atomic mass is 10.0. The Morgan fingerprint density at radius 3 is 2.69 bits per heavy atom. The van der Waals surface area contributed by atoms with Crippen LogP contribution in [-0.2, 0) is 13.2 Å². The van der Waals surface area contributed by atoms with Crippen molar-refractivity contribution in [3.05, 3.63) is 70.6 Å². The summed E-state index contributed by atoms with van der Waals surface area (Å²) in [6.07, 6.45) is 3.26. The molecule has 0 amide bonds. The molecule has 2 heterocycles. The summed E-state index contributed by atoms with van der Waals surface area (Å²) in [5, 5.41) is 19.8. The van der Waals surface area contributed by atoms with Crippen LogP contribution in [0.1, 0.15) is 16.8 Å². The smallest absolute Gasteiger partial charge is 0.141 e. The van der Waals surface area contributed by atoms with Gasteiger partial charge in [-0.2, -0.15) is 5.26 Å². The maximum absolute atomic E-state index is 9.49. The van der Waals surface area contributed by atoms with Gasteiger partial charge in [-0.1, -0.05) is 29.4 Å². The van der Waals surface area contributed by atoms with Gasteiger partial charge in [-0.15, -0.1) is 0 Å². The Morgan fingerprint density at radius 2 is 1.96 bits per heavy atom. The van der Waals surface area contributed by atoms with E-state index in [1.165, 1.54) is 11.8 Å². The molecule has 0 radical (unpaired) electrons. The summed E-state index contributed by atoms with van der Waals surface area (Å²) in [5.74, 6) is 0. The Kier molecular flexibility index (Phi) is 5.86. The first-order chi connectivity index (χ1) is 12.7. The fourth-order valence-corrected chi connectivity index (χ4v) is 3.84. The molecule has 0 atom stereocenters. The summed E-state index contributed by atoms with van der Waals surface area (Å²) in [6, 6.07) is 12.9. The number of hydrogen-bond donors (Lipinski definition) is 2. The van der Waals surface area contributed by atoms with Crippen LogP contribution in [0.4, 0.5) is 0 Å². The van der Waals surface area contributed by atoms with Crippen molar-refractivity contribution in [3.8, 4) is 17.2 Å². The average Bonchev–Trinajstić information content (AvgIpc) is 2.69. The van der Waals surface area contributed by atoms with Gasteiger partial charge in [0.2, 0.25) is 0 Å². The van der Waals surface area contributed by atoms with Crippen LogP contribution >= 0.6 is 23.4 Å². The highest BCUT2D eigenvalue weighted by atomic mass is 35.5. The van der Waals surface area contributed by atoms with Crippen LogP contribution < -0.4 is 5.73 Å². The molecular formula is C19H15ClN4OS. The van der Waals surface area contributed by atoms with Crippen LogP contribution in [0.5, 0.6) is 0 Å². The van der Waals surface area contributed by atoms with Gasteiger partial charge in [-0.05, 0) is 47.0 Å². The molecule has 0 fully saturated rings. The second-order valence-electron chi connectivity index (χ2n) is 5.42. The van der Waals surface area contributed by atoms with E-state index in [4.69, 9.17) is 22.6 Å². The Bertz CT molecular complexity index is 988. The average molecular weight is 383 g/mol. The van der Waals surface area contributed by atoms with E-state index in [1.807, 2.05) is 30.3 Å². The highest BCUT2D eigenvalue weighted by molar-refractivity contribution is 7.99. The number of aromatic nitrogens is 2. The minimum absolute atomic E-state index is 0.0994. The highest BCUT2D eigenvalue weighted by Gasteiger charge is 2.14. The Balaban J connectivity index is 2.04. The number of nitriles is 1. The molecule has 3 N–H and O–H groups in total. The molecule has 130 valence electrons. The standard InChI is InChI=1S/C19H15ClN4OS/c20-17-8-14(12-3-5-23-16(7-12)10-22)6-15(9-21)18(17)26-19-13(11-25)2-1-4-24-19/h1-8,25H,9,11,21H2. The number of aliphatic hydroxyl groups is 1. The summed E-state index contributed by atoms with van der Waals surface area (Å²) in [4.78, 5) is 9.12. The minimum Gasteiger partial charge on any atom is -0.392 e. The van der Waals surface area contributed by atoms with Crippen LogP contribution in [-0.4, -0.2) is 15.1 Å². The Labute approximate surface area is 160 Å². The van der Waals surface area contributed by atoms with Gasteiger partial charge in [-0.25, -0.2) is 9.97 Å². The van der Waals surface area contributed by atoms with E-state index in [-0.39, 0.29) is 6.61 Å². The largest absolute Gasteiger partial charge is 0.392 e. The third-order valence-corrected chi connectivity index (χ3v) is 5.42. The topological polar surface area (TPSA) is 95.8 Å². The van der Waals surface area contributed by atoms with Gasteiger partial charge < -0.3 is 10.8 Å². The van der Waals surface area contributed by atoms with Crippen molar-refractivity contribution >= 4 is 23.4 Å². The lowest BCUT2D eigenvalue weighted by molar-refractivity contribution is 0.278. The third-order valence-electron chi connectivity index (χ3n) is 3.77. The Morgan fingerprint density at radius 1 is 1.12 bits per heavy atom. The minimum atomic E-state index is -0.0994. The van der Waals surface area contributed by atoms with Crippen molar-refractivity contribution < 1.29 is 5.11 Å². The van der Waals surface area contributed by atoms with E-state index in [0.29, 0.717) is 22.3 Å². The number of benzene rings is 1. The zero-order valence-corrected chi connectivity index (χ0v) is 15.3. The van der Waals surface area contributed by atoms with Gasteiger partial charge in [0.15, 0.2) is 0 Å². The quantitative estimate of drug-likeness (QED) is 0.697. The molecule has 0 aliphatic rings. The zero-order chi connectivity index (χ0) is 18.5. The third kappa shape index (κ3) is 3.87. The number of pyridine rings is 2. The summed E-state index contributed by atoms with van der Waals surface area (Å²) in [6.45, 7) is 0.200. The number of rotatable bonds is 5. The van der Waals surface area contributed by atoms with Gasteiger partial charge >= 0.3 is 0 Å². The molecular weight excluding hydrogens is 368 g/mol. The fourth-order valence-electron chi connectivity index (χ4n) is 2.49. The summed E-state index contributed by atoms with van der Waals surface area (Å²) in [5.41, 5.74) is 9.58. The molecule has 0 aliphatic carbocycles. The van der Waals surface area contributed by atoms with E-state index in [2.05, 4.69) is 9.97 Å². The first kappa shape index (κ1) is 18.4. The molecule has 0 saturated heterocycles. The van der Waals surface area contributed by atoms with Crippen molar-refractivity contribution in [3.63, 3.8) is 0 Å². The van der Waals surface area contributed by atoms with Gasteiger partial charge in [0, 0.05) is 29.4 Å². The van der Waals surface area contributed by atoms with Crippen LogP contribution in [0.3, 0.4) is 0 Å². The lowest BCUT2D eigenvalue weighted by Crippen LogP contribution is -2.01. The molecule has 0 spiro atoms. The van der Waals surface area contributed by atoms with Crippen molar-refractivity contribution in [1.82, 2.24) is 9.97 Å².